The van der Waals surface area contributed by atoms with Gasteiger partial charge in [0.15, 0.2) is 0 Å². The number of carbonyl (C=O) groups is 1. The zero-order chi connectivity index (χ0) is 16.9. The van der Waals surface area contributed by atoms with E-state index in [0.717, 1.165) is 31.4 Å². The van der Waals surface area contributed by atoms with Crippen LogP contribution in [0, 0.1) is 5.92 Å². The molecule has 0 radical (unpaired) electrons. The van der Waals surface area contributed by atoms with Crippen molar-refractivity contribution in [2.75, 3.05) is 20.1 Å². The number of aromatic nitrogens is 2. The summed E-state index contributed by atoms with van der Waals surface area (Å²) in [4.78, 5) is 19.2. The molecule has 128 valence electrons. The van der Waals surface area contributed by atoms with E-state index in [2.05, 4.69) is 15.5 Å². The van der Waals surface area contributed by atoms with Crippen molar-refractivity contribution in [2.45, 2.75) is 32.2 Å². The lowest BCUT2D eigenvalue weighted by molar-refractivity contribution is -0.139. The molecule has 1 aliphatic rings. The Balaban J connectivity index is 1.81. The van der Waals surface area contributed by atoms with Crippen LogP contribution in [-0.4, -0.2) is 41.1 Å². The molecular weight excluding hydrogens is 304 g/mol. The SMILES string of the molecule is CNCC(C)C(=O)N1CCCCC1c1nc(-c2ccccc2)no1. The fraction of sp³-hybridized carbons (Fsp3) is 0.500. The van der Waals surface area contributed by atoms with Gasteiger partial charge in [0.1, 0.15) is 6.04 Å². The third kappa shape index (κ3) is 3.48. The molecule has 1 fully saturated rings. The molecule has 0 bridgehead atoms. The lowest BCUT2D eigenvalue weighted by Gasteiger charge is -2.35. The summed E-state index contributed by atoms with van der Waals surface area (Å²) in [5, 5.41) is 7.17. The Bertz CT molecular complexity index is 671. The average Bonchev–Trinajstić information content (AvgIpc) is 3.12. The summed E-state index contributed by atoms with van der Waals surface area (Å²) in [7, 11) is 1.86. The second kappa shape index (κ2) is 7.57. The molecule has 6 nitrogen and oxygen atoms in total. The number of hydrogen-bond acceptors (Lipinski definition) is 5. The number of likely N-dealkylation sites (tertiary alicyclic amines) is 1. The van der Waals surface area contributed by atoms with Gasteiger partial charge in [-0.3, -0.25) is 4.79 Å². The minimum absolute atomic E-state index is 0.0629. The summed E-state index contributed by atoms with van der Waals surface area (Å²) in [5.74, 6) is 1.20. The van der Waals surface area contributed by atoms with Crippen molar-refractivity contribution < 1.29 is 9.32 Å². The maximum Gasteiger partial charge on any atom is 0.249 e. The molecule has 1 saturated heterocycles. The molecule has 2 unspecified atom stereocenters. The number of nitrogens with zero attached hydrogens (tertiary/aromatic N) is 3. The molecule has 0 saturated carbocycles. The van der Waals surface area contributed by atoms with E-state index in [4.69, 9.17) is 4.52 Å². The van der Waals surface area contributed by atoms with Crippen LogP contribution < -0.4 is 5.32 Å². The zero-order valence-electron chi connectivity index (χ0n) is 14.2. The number of nitrogens with one attached hydrogen (secondary N) is 1. The first-order chi connectivity index (χ1) is 11.7. The third-order valence-electron chi connectivity index (χ3n) is 4.48. The summed E-state index contributed by atoms with van der Waals surface area (Å²) in [6.45, 7) is 3.37. The Kier molecular flexibility index (Phi) is 5.25. The molecule has 6 heteroatoms. The molecule has 1 N–H and O–H groups in total. The van der Waals surface area contributed by atoms with Gasteiger partial charge < -0.3 is 14.7 Å². The molecule has 1 amide bonds. The first kappa shape index (κ1) is 16.6. The predicted molar refractivity (Wildman–Crippen MR) is 91.1 cm³/mol. The van der Waals surface area contributed by atoms with Gasteiger partial charge in [0.05, 0.1) is 0 Å². The van der Waals surface area contributed by atoms with Crippen molar-refractivity contribution in [1.29, 1.82) is 0 Å². The summed E-state index contributed by atoms with van der Waals surface area (Å²) in [5.41, 5.74) is 0.921. The van der Waals surface area contributed by atoms with E-state index in [1.54, 1.807) is 0 Å². The molecule has 24 heavy (non-hydrogen) atoms. The van der Waals surface area contributed by atoms with E-state index in [-0.39, 0.29) is 17.9 Å². The number of rotatable bonds is 5. The Morgan fingerprint density at radius 2 is 2.17 bits per heavy atom. The highest BCUT2D eigenvalue weighted by Gasteiger charge is 2.33. The van der Waals surface area contributed by atoms with Crippen LogP contribution in [0.2, 0.25) is 0 Å². The Labute approximate surface area is 142 Å². The molecule has 0 aliphatic carbocycles. The van der Waals surface area contributed by atoms with Crippen LogP contribution in [0.15, 0.2) is 34.9 Å². The quantitative estimate of drug-likeness (QED) is 0.913. The highest BCUT2D eigenvalue weighted by Crippen LogP contribution is 2.32. The highest BCUT2D eigenvalue weighted by atomic mass is 16.5. The van der Waals surface area contributed by atoms with Crippen molar-refractivity contribution in [3.63, 3.8) is 0 Å². The second-order valence-electron chi connectivity index (χ2n) is 6.32. The van der Waals surface area contributed by atoms with Crippen molar-refractivity contribution in [3.05, 3.63) is 36.2 Å². The van der Waals surface area contributed by atoms with Crippen molar-refractivity contribution in [2.24, 2.45) is 5.92 Å². The van der Waals surface area contributed by atoms with Gasteiger partial charge in [0.25, 0.3) is 0 Å². The summed E-state index contributed by atoms with van der Waals surface area (Å²) in [6, 6.07) is 9.63. The second-order valence-corrected chi connectivity index (χ2v) is 6.32. The van der Waals surface area contributed by atoms with Crippen LogP contribution >= 0.6 is 0 Å². The van der Waals surface area contributed by atoms with Crippen LogP contribution in [0.4, 0.5) is 0 Å². The Morgan fingerprint density at radius 3 is 2.92 bits per heavy atom. The van der Waals surface area contributed by atoms with Crippen molar-refractivity contribution >= 4 is 5.91 Å². The van der Waals surface area contributed by atoms with E-state index < -0.39 is 0 Å². The summed E-state index contributed by atoms with van der Waals surface area (Å²) < 4.78 is 5.51. The van der Waals surface area contributed by atoms with Gasteiger partial charge in [-0.1, -0.05) is 42.4 Å². The molecule has 1 aliphatic heterocycles. The van der Waals surface area contributed by atoms with Gasteiger partial charge in [-0.05, 0) is 26.3 Å². The van der Waals surface area contributed by atoms with E-state index in [1.807, 2.05) is 49.2 Å². The average molecular weight is 328 g/mol. The molecule has 2 aromatic rings. The normalized spacial score (nSPS) is 19.2. The molecule has 3 rings (SSSR count). The number of amides is 1. The van der Waals surface area contributed by atoms with E-state index in [9.17, 15) is 4.79 Å². The minimum Gasteiger partial charge on any atom is -0.337 e. The first-order valence-electron chi connectivity index (χ1n) is 8.55. The number of hydrogen-bond donors (Lipinski definition) is 1. The zero-order valence-corrected chi connectivity index (χ0v) is 14.2. The summed E-state index contributed by atoms with van der Waals surface area (Å²) >= 11 is 0. The first-order valence-corrected chi connectivity index (χ1v) is 8.55. The van der Waals surface area contributed by atoms with Crippen molar-refractivity contribution in [3.8, 4) is 11.4 Å². The topological polar surface area (TPSA) is 71.3 Å². The van der Waals surface area contributed by atoms with Crippen LogP contribution in [0.25, 0.3) is 11.4 Å². The predicted octanol–water partition coefficient (Wildman–Crippen LogP) is 2.65. The smallest absolute Gasteiger partial charge is 0.249 e. The third-order valence-corrected chi connectivity index (χ3v) is 4.48. The minimum atomic E-state index is -0.115. The molecule has 1 aromatic heterocycles. The van der Waals surface area contributed by atoms with Gasteiger partial charge in [-0.25, -0.2) is 0 Å². The molecule has 2 atom stereocenters. The van der Waals surface area contributed by atoms with Gasteiger partial charge >= 0.3 is 0 Å². The fourth-order valence-corrected chi connectivity index (χ4v) is 3.20. The maximum absolute atomic E-state index is 12.7. The molecule has 0 spiro atoms. The Hall–Kier alpha value is -2.21. The van der Waals surface area contributed by atoms with E-state index in [0.29, 0.717) is 18.3 Å². The monoisotopic (exact) mass is 328 g/mol. The van der Waals surface area contributed by atoms with Gasteiger partial charge in [0, 0.05) is 24.6 Å². The standard InChI is InChI=1S/C18H24N4O2/c1-13(12-19-2)18(23)22-11-7-6-10-15(22)17-20-16(21-24-17)14-8-4-3-5-9-14/h3-5,8-9,13,15,19H,6-7,10-12H2,1-2H3. The fourth-order valence-electron chi connectivity index (χ4n) is 3.20. The van der Waals surface area contributed by atoms with Gasteiger partial charge in [-0.2, -0.15) is 4.98 Å². The van der Waals surface area contributed by atoms with Crippen LogP contribution in [0.1, 0.15) is 38.1 Å². The number of piperidine rings is 1. The van der Waals surface area contributed by atoms with Crippen LogP contribution in [0.5, 0.6) is 0 Å². The van der Waals surface area contributed by atoms with Crippen molar-refractivity contribution in [1.82, 2.24) is 20.4 Å². The molecule has 1 aromatic carbocycles. The van der Waals surface area contributed by atoms with Gasteiger partial charge in [-0.15, -0.1) is 0 Å². The van der Waals surface area contributed by atoms with E-state index >= 15 is 0 Å². The highest BCUT2D eigenvalue weighted by molar-refractivity contribution is 5.79. The lowest BCUT2D eigenvalue weighted by atomic mass is 9.99. The number of benzene rings is 1. The van der Waals surface area contributed by atoms with Gasteiger partial charge in [0.2, 0.25) is 17.6 Å². The summed E-state index contributed by atoms with van der Waals surface area (Å²) in [6.07, 6.45) is 2.96. The van der Waals surface area contributed by atoms with E-state index in [1.165, 1.54) is 0 Å². The maximum atomic E-state index is 12.7. The molecular formula is C18H24N4O2. The Morgan fingerprint density at radius 1 is 1.38 bits per heavy atom. The largest absolute Gasteiger partial charge is 0.337 e. The number of carbonyl (C=O) groups excluding carboxylic acids is 1. The molecule has 2 heterocycles. The van der Waals surface area contributed by atoms with Crippen LogP contribution in [-0.2, 0) is 4.79 Å². The van der Waals surface area contributed by atoms with Crippen LogP contribution in [0.3, 0.4) is 0 Å². The lowest BCUT2D eigenvalue weighted by Crippen LogP contribution is -2.43.